The summed E-state index contributed by atoms with van der Waals surface area (Å²) in [5.41, 5.74) is 1.91. The number of nitrogens with one attached hydrogen (secondary N) is 1. The quantitative estimate of drug-likeness (QED) is 0.832. The highest BCUT2D eigenvalue weighted by molar-refractivity contribution is 5.91. The molecule has 0 radical (unpaired) electrons. The van der Waals surface area contributed by atoms with Gasteiger partial charge in [0.15, 0.2) is 0 Å². The Morgan fingerprint density at radius 2 is 1.82 bits per heavy atom. The number of amides is 1. The first kappa shape index (κ1) is 15.8. The maximum Gasteiger partial charge on any atom is 0.244 e. The van der Waals surface area contributed by atoms with E-state index in [0.29, 0.717) is 6.54 Å². The van der Waals surface area contributed by atoms with Crippen LogP contribution in [0.25, 0.3) is 6.08 Å². The smallest absolute Gasteiger partial charge is 0.244 e. The number of ether oxygens (including phenoxy) is 1. The van der Waals surface area contributed by atoms with Gasteiger partial charge in [0.25, 0.3) is 0 Å². The topological polar surface area (TPSA) is 38.3 Å². The van der Waals surface area contributed by atoms with E-state index in [0.717, 1.165) is 23.3 Å². The molecule has 2 aromatic rings. The summed E-state index contributed by atoms with van der Waals surface area (Å²) in [5.74, 6) is 0.356. The van der Waals surface area contributed by atoms with Gasteiger partial charge in [0.05, 0.1) is 7.11 Å². The van der Waals surface area contributed by atoms with E-state index in [2.05, 4.69) is 5.32 Å². The van der Waals surface area contributed by atoms with Crippen LogP contribution in [0.15, 0.2) is 54.6 Å². The Morgan fingerprint density at radius 3 is 2.45 bits per heavy atom. The van der Waals surface area contributed by atoms with Gasteiger partial charge in [0.2, 0.25) is 5.91 Å². The maximum atomic E-state index is 12.7. The number of hydrogen-bond acceptors (Lipinski definition) is 2. The maximum absolute atomic E-state index is 12.7. The summed E-state index contributed by atoms with van der Waals surface area (Å²) in [5, 5.41) is 2.81. The number of hydrogen-bond donors (Lipinski definition) is 1. The molecule has 1 N–H and O–H groups in total. The van der Waals surface area contributed by atoms with Crippen molar-refractivity contribution < 1.29 is 13.9 Å². The predicted octanol–water partition coefficient (Wildman–Crippen LogP) is 3.21. The van der Waals surface area contributed by atoms with E-state index >= 15 is 0 Å². The van der Waals surface area contributed by atoms with Crippen molar-refractivity contribution in [1.29, 1.82) is 0 Å². The van der Waals surface area contributed by atoms with Gasteiger partial charge >= 0.3 is 0 Å². The lowest BCUT2D eigenvalue weighted by atomic mass is 10.1. The molecule has 0 saturated heterocycles. The van der Waals surface area contributed by atoms with Crippen molar-refractivity contribution in [3.05, 3.63) is 71.6 Å². The van der Waals surface area contributed by atoms with Gasteiger partial charge in [-0.15, -0.1) is 0 Å². The molecule has 0 spiro atoms. The molecule has 0 aliphatic heterocycles. The van der Waals surface area contributed by atoms with Crippen LogP contribution >= 0.6 is 0 Å². The van der Waals surface area contributed by atoms with Gasteiger partial charge < -0.3 is 10.1 Å². The molecule has 0 aliphatic carbocycles. The van der Waals surface area contributed by atoms with Crippen LogP contribution in [0.1, 0.15) is 11.1 Å². The Kier molecular flexibility index (Phi) is 5.72. The minimum atomic E-state index is -0.291. The number of carbonyl (C=O) groups excluding carboxylic acids is 1. The Labute approximate surface area is 129 Å². The van der Waals surface area contributed by atoms with Crippen LogP contribution < -0.4 is 10.1 Å². The van der Waals surface area contributed by atoms with Gasteiger partial charge in [-0.25, -0.2) is 4.39 Å². The van der Waals surface area contributed by atoms with Crippen LogP contribution in [0.4, 0.5) is 4.39 Å². The van der Waals surface area contributed by atoms with Crippen LogP contribution in [0.3, 0.4) is 0 Å². The number of methoxy groups -OCH3 is 1. The second-order valence-electron chi connectivity index (χ2n) is 4.77. The van der Waals surface area contributed by atoms with Crippen LogP contribution in [-0.4, -0.2) is 19.6 Å². The van der Waals surface area contributed by atoms with Gasteiger partial charge in [-0.1, -0.05) is 24.3 Å². The van der Waals surface area contributed by atoms with Crippen LogP contribution in [0.5, 0.6) is 5.75 Å². The van der Waals surface area contributed by atoms with E-state index in [1.165, 1.54) is 18.2 Å². The lowest BCUT2D eigenvalue weighted by molar-refractivity contribution is -0.116. The summed E-state index contributed by atoms with van der Waals surface area (Å²) in [6.07, 6.45) is 3.85. The number of carbonyl (C=O) groups is 1. The van der Waals surface area contributed by atoms with E-state index in [-0.39, 0.29) is 11.7 Å². The largest absolute Gasteiger partial charge is 0.497 e. The predicted molar refractivity (Wildman–Crippen MR) is 85.1 cm³/mol. The third-order valence-corrected chi connectivity index (χ3v) is 3.17. The van der Waals surface area contributed by atoms with Crippen molar-refractivity contribution in [1.82, 2.24) is 5.32 Å². The summed E-state index contributed by atoms with van der Waals surface area (Å²) >= 11 is 0. The molecule has 0 aliphatic rings. The normalized spacial score (nSPS) is 10.6. The van der Waals surface area contributed by atoms with Gasteiger partial charge in [0, 0.05) is 12.6 Å². The Balaban J connectivity index is 1.76. The van der Waals surface area contributed by atoms with E-state index < -0.39 is 0 Å². The van der Waals surface area contributed by atoms with E-state index in [4.69, 9.17) is 4.74 Å². The van der Waals surface area contributed by atoms with Crippen molar-refractivity contribution in [3.8, 4) is 5.75 Å². The molecule has 0 fully saturated rings. The molecule has 1 amide bonds. The molecule has 0 aromatic heterocycles. The first-order chi connectivity index (χ1) is 10.7. The molecule has 3 nitrogen and oxygen atoms in total. The monoisotopic (exact) mass is 299 g/mol. The molecule has 0 saturated carbocycles. The van der Waals surface area contributed by atoms with E-state index in [1.807, 2.05) is 24.3 Å². The molecule has 2 rings (SSSR count). The van der Waals surface area contributed by atoms with Gasteiger partial charge in [0.1, 0.15) is 11.6 Å². The zero-order valence-electron chi connectivity index (χ0n) is 12.4. The van der Waals surface area contributed by atoms with Crippen molar-refractivity contribution in [2.45, 2.75) is 6.42 Å². The first-order valence-electron chi connectivity index (χ1n) is 7.02. The second-order valence-corrected chi connectivity index (χ2v) is 4.77. The molecule has 4 heteroatoms. The molecule has 114 valence electrons. The first-order valence-corrected chi connectivity index (χ1v) is 7.02. The molecule has 22 heavy (non-hydrogen) atoms. The summed E-state index contributed by atoms with van der Waals surface area (Å²) in [7, 11) is 1.63. The molecule has 0 heterocycles. The zero-order valence-corrected chi connectivity index (χ0v) is 12.4. The summed E-state index contributed by atoms with van der Waals surface area (Å²) in [4.78, 5) is 11.7. The van der Waals surface area contributed by atoms with Crippen molar-refractivity contribution in [2.75, 3.05) is 13.7 Å². The SMILES string of the molecule is COc1ccc(CCNC(=O)C=Cc2ccc(F)cc2)cc1. The molecule has 0 atom stereocenters. The van der Waals surface area contributed by atoms with Crippen molar-refractivity contribution in [2.24, 2.45) is 0 Å². The number of halogens is 1. The third-order valence-electron chi connectivity index (χ3n) is 3.17. The molecular formula is C18H18FNO2. The minimum absolute atomic E-state index is 0.169. The molecule has 0 bridgehead atoms. The highest BCUT2D eigenvalue weighted by Gasteiger charge is 1.98. The Bertz CT molecular complexity index is 633. The standard InChI is InChI=1S/C18H18FNO2/c1-22-17-9-4-15(5-10-17)12-13-20-18(21)11-6-14-2-7-16(19)8-3-14/h2-11H,12-13H2,1H3,(H,20,21). The third kappa shape index (κ3) is 5.05. The molecule has 2 aromatic carbocycles. The van der Waals surface area contributed by atoms with Crippen LogP contribution in [-0.2, 0) is 11.2 Å². The summed E-state index contributed by atoms with van der Waals surface area (Å²) in [6, 6.07) is 13.7. The minimum Gasteiger partial charge on any atom is -0.497 e. The summed E-state index contributed by atoms with van der Waals surface area (Å²) in [6.45, 7) is 0.554. The molecule has 0 unspecified atom stereocenters. The average Bonchev–Trinajstić information content (AvgIpc) is 2.55. The lowest BCUT2D eigenvalue weighted by Crippen LogP contribution is -2.23. The highest BCUT2D eigenvalue weighted by atomic mass is 19.1. The highest BCUT2D eigenvalue weighted by Crippen LogP contribution is 2.11. The second kappa shape index (κ2) is 7.98. The number of rotatable bonds is 6. The molecular weight excluding hydrogens is 281 g/mol. The van der Waals surface area contributed by atoms with Gasteiger partial charge in [-0.05, 0) is 47.9 Å². The lowest BCUT2D eigenvalue weighted by Gasteiger charge is -2.04. The fourth-order valence-corrected chi connectivity index (χ4v) is 1.93. The Hall–Kier alpha value is -2.62. The van der Waals surface area contributed by atoms with Gasteiger partial charge in [-0.3, -0.25) is 4.79 Å². The van der Waals surface area contributed by atoms with Gasteiger partial charge in [-0.2, -0.15) is 0 Å². The van der Waals surface area contributed by atoms with E-state index in [9.17, 15) is 9.18 Å². The fraction of sp³-hybridized carbons (Fsp3) is 0.167. The average molecular weight is 299 g/mol. The zero-order chi connectivity index (χ0) is 15.8. The van der Waals surface area contributed by atoms with Crippen LogP contribution in [0, 0.1) is 5.82 Å². The number of benzene rings is 2. The van der Waals surface area contributed by atoms with Crippen molar-refractivity contribution in [3.63, 3.8) is 0 Å². The van der Waals surface area contributed by atoms with Crippen LogP contribution in [0.2, 0.25) is 0 Å². The van der Waals surface area contributed by atoms with Crippen molar-refractivity contribution >= 4 is 12.0 Å². The fourth-order valence-electron chi connectivity index (χ4n) is 1.93. The van der Waals surface area contributed by atoms with E-state index in [1.54, 1.807) is 25.3 Å². The Morgan fingerprint density at radius 1 is 1.14 bits per heavy atom. The summed E-state index contributed by atoms with van der Waals surface area (Å²) < 4.78 is 17.8.